The summed E-state index contributed by atoms with van der Waals surface area (Å²) < 4.78 is 0. The summed E-state index contributed by atoms with van der Waals surface area (Å²) >= 11 is 0. The monoisotopic (exact) mass is 491 g/mol. The molecule has 2 aromatic rings. The van der Waals surface area contributed by atoms with Crippen LogP contribution in [0.5, 0.6) is 0 Å². The zero-order valence-corrected chi connectivity index (χ0v) is 21.2. The minimum Gasteiger partial charge on any atom is -0.383 e. The molecule has 37 heavy (non-hydrogen) atoms. The highest BCUT2D eigenvalue weighted by Gasteiger charge is 2.65. The molecule has 1 unspecified atom stereocenters. The maximum atomic E-state index is 14.3. The van der Waals surface area contributed by atoms with E-state index < -0.39 is 29.1 Å². The Labute approximate surface area is 216 Å². The van der Waals surface area contributed by atoms with Crippen molar-refractivity contribution in [1.82, 2.24) is 0 Å². The first kappa shape index (κ1) is 24.5. The van der Waals surface area contributed by atoms with Gasteiger partial charge in [0.05, 0.1) is 23.4 Å². The van der Waals surface area contributed by atoms with Crippen LogP contribution in [0, 0.1) is 45.8 Å². The van der Waals surface area contributed by atoms with Gasteiger partial charge < -0.3 is 5.73 Å². The summed E-state index contributed by atoms with van der Waals surface area (Å²) in [5.41, 5.74) is 7.12. The highest BCUT2D eigenvalue weighted by atomic mass is 16.2. The average Bonchev–Trinajstić information content (AvgIpc) is 2.89. The Morgan fingerprint density at radius 2 is 1.76 bits per heavy atom. The number of anilines is 1. The Bertz CT molecular complexity index is 1420. The second-order valence-electron chi connectivity index (χ2n) is 11.1. The van der Waals surface area contributed by atoms with E-state index in [1.807, 2.05) is 30.3 Å². The number of nitrogens with two attached hydrogens (primary N) is 1. The molecule has 5 rings (SSSR count). The normalized spacial score (nSPS) is 27.1. The third kappa shape index (κ3) is 3.57. The standard InChI is InChI=1S/C30H29N5O2/c1-29(2,3)19-12-14-20(15-13-19)35-27(37)24(25(36)18-8-5-4-6-9-18)23-11-7-10-22-21(16-31)26(33)34-28(35)30(22,23)17-32/h4-6,8-9,12-15,22-24H,7,10-11,33H2,1-3H3/t22-,23+,24?,30-/m1/s1. The zero-order valence-electron chi connectivity index (χ0n) is 21.2. The summed E-state index contributed by atoms with van der Waals surface area (Å²) in [7, 11) is 0. The van der Waals surface area contributed by atoms with Gasteiger partial charge in [-0.2, -0.15) is 10.5 Å². The van der Waals surface area contributed by atoms with E-state index in [0.29, 0.717) is 30.5 Å². The van der Waals surface area contributed by atoms with Crippen molar-refractivity contribution in [2.24, 2.45) is 33.9 Å². The summed E-state index contributed by atoms with van der Waals surface area (Å²) in [5, 5.41) is 20.8. The van der Waals surface area contributed by atoms with Gasteiger partial charge in [0.1, 0.15) is 23.0 Å². The average molecular weight is 492 g/mol. The lowest BCUT2D eigenvalue weighted by Crippen LogP contribution is -2.66. The van der Waals surface area contributed by atoms with Crippen LogP contribution in [0.25, 0.3) is 0 Å². The Hall–Kier alpha value is -4.23. The second-order valence-corrected chi connectivity index (χ2v) is 11.1. The second kappa shape index (κ2) is 8.71. The molecule has 0 aromatic heterocycles. The van der Waals surface area contributed by atoms with E-state index >= 15 is 0 Å². The van der Waals surface area contributed by atoms with E-state index in [1.165, 1.54) is 4.90 Å². The molecule has 2 aromatic carbocycles. The number of hydrogen-bond donors (Lipinski definition) is 1. The van der Waals surface area contributed by atoms with Gasteiger partial charge in [0.2, 0.25) is 5.91 Å². The first-order valence-corrected chi connectivity index (χ1v) is 12.6. The van der Waals surface area contributed by atoms with Crippen molar-refractivity contribution >= 4 is 23.2 Å². The Morgan fingerprint density at radius 1 is 1.08 bits per heavy atom. The number of carbonyl (C=O) groups excluding carboxylic acids is 2. The maximum Gasteiger partial charge on any atom is 0.243 e. The molecule has 1 saturated heterocycles. The topological polar surface area (TPSA) is 123 Å². The number of amides is 1. The van der Waals surface area contributed by atoms with Crippen LogP contribution in [-0.2, 0) is 10.2 Å². The maximum absolute atomic E-state index is 14.3. The fourth-order valence-corrected chi connectivity index (χ4v) is 6.26. The summed E-state index contributed by atoms with van der Waals surface area (Å²) in [4.78, 5) is 34.2. The SMILES string of the molecule is CC(C)(C)c1ccc(N2C(=O)C(C(=O)c3ccccc3)[C@@H]3CCC[C@@H]4C(C#N)=C(N)N=C2[C@]43C#N)cc1. The van der Waals surface area contributed by atoms with Gasteiger partial charge in [-0.25, -0.2) is 4.99 Å². The number of nitriles is 2. The summed E-state index contributed by atoms with van der Waals surface area (Å²) in [6.07, 6.45) is 1.74. The molecule has 0 bridgehead atoms. The molecule has 2 heterocycles. The Balaban J connectivity index is 1.75. The summed E-state index contributed by atoms with van der Waals surface area (Å²) in [6.45, 7) is 6.31. The molecule has 0 radical (unpaired) electrons. The molecule has 1 saturated carbocycles. The van der Waals surface area contributed by atoms with Crippen molar-refractivity contribution in [1.29, 1.82) is 10.5 Å². The molecule has 0 spiro atoms. The van der Waals surface area contributed by atoms with Gasteiger partial charge in [-0.05, 0) is 36.0 Å². The van der Waals surface area contributed by atoms with E-state index in [-0.39, 0.29) is 28.4 Å². The highest BCUT2D eigenvalue weighted by Crippen LogP contribution is 2.58. The van der Waals surface area contributed by atoms with Crippen LogP contribution in [0.2, 0.25) is 0 Å². The number of amidine groups is 1. The van der Waals surface area contributed by atoms with E-state index in [4.69, 9.17) is 5.73 Å². The third-order valence-electron chi connectivity index (χ3n) is 8.10. The molecular weight excluding hydrogens is 462 g/mol. The Kier molecular flexibility index (Phi) is 5.76. The summed E-state index contributed by atoms with van der Waals surface area (Å²) in [6, 6.07) is 20.9. The number of nitrogens with zero attached hydrogens (tertiary/aromatic N) is 4. The van der Waals surface area contributed by atoms with Crippen molar-refractivity contribution in [3.63, 3.8) is 0 Å². The van der Waals surface area contributed by atoms with Crippen LogP contribution in [0.4, 0.5) is 5.69 Å². The van der Waals surface area contributed by atoms with Crippen LogP contribution >= 0.6 is 0 Å². The fourth-order valence-electron chi connectivity index (χ4n) is 6.26. The van der Waals surface area contributed by atoms with Gasteiger partial charge >= 0.3 is 0 Å². The van der Waals surface area contributed by atoms with Crippen LogP contribution in [-0.4, -0.2) is 17.5 Å². The lowest BCUT2D eigenvalue weighted by atomic mass is 9.51. The van der Waals surface area contributed by atoms with Gasteiger partial charge in [0, 0.05) is 17.4 Å². The van der Waals surface area contributed by atoms with Crippen molar-refractivity contribution < 1.29 is 9.59 Å². The van der Waals surface area contributed by atoms with Crippen LogP contribution in [0.1, 0.15) is 56.0 Å². The summed E-state index contributed by atoms with van der Waals surface area (Å²) in [5.74, 6) is -2.70. The van der Waals surface area contributed by atoms with Crippen molar-refractivity contribution in [2.75, 3.05) is 4.90 Å². The van der Waals surface area contributed by atoms with Gasteiger partial charge in [0.25, 0.3) is 0 Å². The first-order valence-electron chi connectivity index (χ1n) is 12.6. The number of Topliss-reactive ketones (excluding diaryl/α,β-unsaturated/α-hetero) is 1. The van der Waals surface area contributed by atoms with E-state index in [1.54, 1.807) is 24.3 Å². The lowest BCUT2D eigenvalue weighted by molar-refractivity contribution is -0.124. The molecule has 7 heteroatoms. The molecule has 3 aliphatic rings. The lowest BCUT2D eigenvalue weighted by Gasteiger charge is -2.54. The molecule has 186 valence electrons. The predicted molar refractivity (Wildman–Crippen MR) is 140 cm³/mol. The number of benzene rings is 2. The smallest absolute Gasteiger partial charge is 0.243 e. The molecule has 2 aliphatic heterocycles. The van der Waals surface area contributed by atoms with Crippen molar-refractivity contribution in [3.8, 4) is 12.1 Å². The van der Waals surface area contributed by atoms with Gasteiger partial charge in [-0.3, -0.25) is 14.5 Å². The van der Waals surface area contributed by atoms with E-state index in [2.05, 4.69) is 37.9 Å². The number of carbonyl (C=O) groups is 2. The minimum atomic E-state index is -1.32. The predicted octanol–water partition coefficient (Wildman–Crippen LogP) is 4.86. The fraction of sp³-hybridized carbons (Fsp3) is 0.367. The van der Waals surface area contributed by atoms with Gasteiger partial charge in [-0.1, -0.05) is 69.7 Å². The van der Waals surface area contributed by atoms with E-state index in [0.717, 1.165) is 5.56 Å². The zero-order chi connectivity index (χ0) is 26.5. The van der Waals surface area contributed by atoms with Crippen LogP contribution < -0.4 is 10.6 Å². The number of aliphatic imine (C=N–C) groups is 1. The quantitative estimate of drug-likeness (QED) is 0.485. The van der Waals surface area contributed by atoms with Crippen molar-refractivity contribution in [3.05, 3.63) is 77.1 Å². The van der Waals surface area contributed by atoms with Crippen molar-refractivity contribution in [2.45, 2.75) is 45.4 Å². The molecule has 4 atom stereocenters. The Morgan fingerprint density at radius 3 is 2.35 bits per heavy atom. The molecule has 7 nitrogen and oxygen atoms in total. The van der Waals surface area contributed by atoms with Gasteiger partial charge in [-0.15, -0.1) is 0 Å². The minimum absolute atomic E-state index is 0.0333. The number of hydrogen-bond acceptors (Lipinski definition) is 6. The number of allylic oxidation sites excluding steroid dienone is 1. The molecular formula is C30H29N5O2. The molecule has 2 fully saturated rings. The number of piperidine rings is 1. The molecule has 1 amide bonds. The van der Waals surface area contributed by atoms with Gasteiger partial charge in [0.15, 0.2) is 5.78 Å². The number of rotatable bonds is 3. The first-order chi connectivity index (χ1) is 17.6. The number of ketones is 1. The van der Waals surface area contributed by atoms with Crippen LogP contribution in [0.15, 0.2) is 71.0 Å². The molecule has 1 aliphatic carbocycles. The van der Waals surface area contributed by atoms with E-state index in [9.17, 15) is 20.1 Å². The highest BCUT2D eigenvalue weighted by molar-refractivity contribution is 6.29. The third-order valence-corrected chi connectivity index (χ3v) is 8.10. The molecule has 2 N–H and O–H groups in total. The largest absolute Gasteiger partial charge is 0.383 e. The van der Waals surface area contributed by atoms with Crippen LogP contribution in [0.3, 0.4) is 0 Å².